The number of nitrogens with two attached hydrogens (primary N) is 1. The Morgan fingerprint density at radius 2 is 2.00 bits per heavy atom. The van der Waals surface area contributed by atoms with Crippen molar-refractivity contribution in [3.8, 4) is 0 Å². The Morgan fingerprint density at radius 3 is 2.47 bits per heavy atom. The fourth-order valence-corrected chi connectivity index (χ4v) is 3.22. The minimum absolute atomic E-state index is 0.112. The first-order chi connectivity index (χ1) is 7.77. The molecule has 1 rings (SSSR count). The molecule has 0 radical (unpaired) electrons. The van der Waals surface area contributed by atoms with Crippen LogP contribution in [0.5, 0.6) is 0 Å². The molecule has 3 N–H and O–H groups in total. The van der Waals surface area contributed by atoms with Gasteiger partial charge in [-0.3, -0.25) is 0 Å². The van der Waals surface area contributed by atoms with E-state index in [0.717, 1.165) is 19.5 Å². The molecule has 2 nitrogen and oxygen atoms in total. The van der Waals surface area contributed by atoms with Gasteiger partial charge in [-0.15, -0.1) is 11.3 Å². The lowest BCUT2D eigenvalue weighted by molar-refractivity contribution is 0.328. The molecule has 0 spiro atoms. The van der Waals surface area contributed by atoms with Crippen molar-refractivity contribution < 1.29 is 0 Å². The van der Waals surface area contributed by atoms with Crippen molar-refractivity contribution in [2.75, 3.05) is 13.1 Å². The Labute approximate surface area is 117 Å². The molecule has 1 aromatic heterocycles. The average Bonchev–Trinajstić information content (AvgIpc) is 2.63. The molecule has 1 heterocycles. The molecule has 17 heavy (non-hydrogen) atoms. The van der Waals surface area contributed by atoms with Crippen molar-refractivity contribution in [1.29, 1.82) is 0 Å². The number of hydrogen-bond acceptors (Lipinski definition) is 3. The molecule has 98 valence electrons. The van der Waals surface area contributed by atoms with Crippen LogP contribution in [0.15, 0.2) is 15.9 Å². The average molecular weight is 319 g/mol. The number of halogens is 1. The van der Waals surface area contributed by atoms with Gasteiger partial charge < -0.3 is 11.1 Å². The monoisotopic (exact) mass is 318 g/mol. The summed E-state index contributed by atoms with van der Waals surface area (Å²) in [7, 11) is 0. The summed E-state index contributed by atoms with van der Waals surface area (Å²) in [5.74, 6) is 0. The first-order valence-electron chi connectivity index (χ1n) is 5.96. The van der Waals surface area contributed by atoms with Crippen LogP contribution >= 0.6 is 27.3 Å². The summed E-state index contributed by atoms with van der Waals surface area (Å²) in [6.45, 7) is 10.7. The van der Waals surface area contributed by atoms with Crippen molar-refractivity contribution >= 4 is 27.3 Å². The van der Waals surface area contributed by atoms with E-state index in [4.69, 9.17) is 5.73 Å². The Bertz CT molecular complexity index is 358. The van der Waals surface area contributed by atoms with Gasteiger partial charge in [0.15, 0.2) is 0 Å². The fourth-order valence-electron chi connectivity index (χ4n) is 1.66. The van der Waals surface area contributed by atoms with Crippen LogP contribution in [0, 0.1) is 0 Å². The van der Waals surface area contributed by atoms with Crippen LogP contribution in [0.1, 0.15) is 39.0 Å². The molecule has 0 unspecified atom stereocenters. The number of hydrogen-bond donors (Lipinski definition) is 2. The van der Waals surface area contributed by atoms with Crippen LogP contribution in [-0.2, 0) is 5.41 Å². The van der Waals surface area contributed by atoms with Gasteiger partial charge in [0.05, 0.1) is 0 Å². The van der Waals surface area contributed by atoms with Crippen LogP contribution in [0.3, 0.4) is 0 Å². The summed E-state index contributed by atoms with van der Waals surface area (Å²) in [6.07, 6.45) is 0.997. The van der Waals surface area contributed by atoms with Gasteiger partial charge >= 0.3 is 0 Å². The standard InChI is InChI=1S/C13H23BrN2S/c1-12(2,11-7-10(14)8-17-11)9-16-13(3,4)5-6-15/h7-8,16H,5-6,9,15H2,1-4H3. The Morgan fingerprint density at radius 1 is 1.35 bits per heavy atom. The van der Waals surface area contributed by atoms with Gasteiger partial charge in [0.2, 0.25) is 0 Å². The molecule has 0 fully saturated rings. The zero-order chi connectivity index (χ0) is 13.1. The van der Waals surface area contributed by atoms with E-state index in [0.29, 0.717) is 0 Å². The molecule has 0 aliphatic carbocycles. The minimum atomic E-state index is 0.112. The van der Waals surface area contributed by atoms with Gasteiger partial charge in [-0.25, -0.2) is 0 Å². The van der Waals surface area contributed by atoms with E-state index in [2.05, 4.69) is 60.4 Å². The molecule has 0 aromatic carbocycles. The normalized spacial score (nSPS) is 13.1. The molecule has 0 aliphatic heterocycles. The van der Waals surface area contributed by atoms with E-state index in [1.165, 1.54) is 9.35 Å². The van der Waals surface area contributed by atoms with Crippen LogP contribution in [0.25, 0.3) is 0 Å². The molecular formula is C13H23BrN2S. The van der Waals surface area contributed by atoms with E-state index in [9.17, 15) is 0 Å². The zero-order valence-corrected chi connectivity index (χ0v) is 13.5. The molecule has 0 bridgehead atoms. The number of rotatable bonds is 6. The van der Waals surface area contributed by atoms with Gasteiger partial charge in [0.25, 0.3) is 0 Å². The van der Waals surface area contributed by atoms with E-state index < -0.39 is 0 Å². The van der Waals surface area contributed by atoms with Crippen molar-refractivity contribution in [3.05, 3.63) is 20.8 Å². The maximum atomic E-state index is 5.62. The van der Waals surface area contributed by atoms with Gasteiger partial charge in [-0.1, -0.05) is 13.8 Å². The summed E-state index contributed by atoms with van der Waals surface area (Å²) < 4.78 is 1.17. The summed E-state index contributed by atoms with van der Waals surface area (Å²) in [6, 6.07) is 2.21. The van der Waals surface area contributed by atoms with E-state index in [1.54, 1.807) is 0 Å². The lowest BCUT2D eigenvalue weighted by Crippen LogP contribution is -2.46. The van der Waals surface area contributed by atoms with Crippen molar-refractivity contribution in [2.24, 2.45) is 5.73 Å². The van der Waals surface area contributed by atoms with Gasteiger partial charge in [-0.2, -0.15) is 0 Å². The first-order valence-corrected chi connectivity index (χ1v) is 7.64. The Kier molecular flexibility index (Phi) is 5.20. The van der Waals surface area contributed by atoms with E-state index in [1.807, 2.05) is 11.3 Å². The lowest BCUT2D eigenvalue weighted by Gasteiger charge is -2.32. The predicted molar refractivity (Wildman–Crippen MR) is 80.8 cm³/mol. The SMILES string of the molecule is CC(C)(CCN)NCC(C)(C)c1cc(Br)cs1. The smallest absolute Gasteiger partial charge is 0.0285 e. The van der Waals surface area contributed by atoms with Gasteiger partial charge in [0, 0.05) is 32.2 Å². The topological polar surface area (TPSA) is 38.0 Å². The summed E-state index contributed by atoms with van der Waals surface area (Å²) >= 11 is 5.32. The van der Waals surface area contributed by atoms with Crippen LogP contribution < -0.4 is 11.1 Å². The second kappa shape index (κ2) is 5.83. The molecular weight excluding hydrogens is 296 g/mol. The van der Waals surface area contributed by atoms with E-state index in [-0.39, 0.29) is 11.0 Å². The number of thiophene rings is 1. The maximum Gasteiger partial charge on any atom is 0.0285 e. The van der Waals surface area contributed by atoms with Crippen LogP contribution in [-0.4, -0.2) is 18.6 Å². The first kappa shape index (κ1) is 15.2. The third kappa shape index (κ3) is 4.70. The Balaban J connectivity index is 2.61. The second-order valence-corrected chi connectivity index (χ2v) is 7.62. The lowest BCUT2D eigenvalue weighted by atomic mass is 9.89. The summed E-state index contributed by atoms with van der Waals surface area (Å²) in [5, 5.41) is 5.76. The number of nitrogens with one attached hydrogen (secondary N) is 1. The highest BCUT2D eigenvalue weighted by Crippen LogP contribution is 2.31. The predicted octanol–water partition coefficient (Wildman–Crippen LogP) is 3.51. The highest BCUT2D eigenvalue weighted by molar-refractivity contribution is 9.10. The molecule has 4 heteroatoms. The van der Waals surface area contributed by atoms with Crippen molar-refractivity contribution in [3.63, 3.8) is 0 Å². The second-order valence-electron chi connectivity index (χ2n) is 5.79. The molecule has 0 saturated carbocycles. The highest BCUT2D eigenvalue weighted by Gasteiger charge is 2.25. The largest absolute Gasteiger partial charge is 0.330 e. The molecule has 1 aromatic rings. The van der Waals surface area contributed by atoms with Gasteiger partial charge in [-0.05, 0) is 48.8 Å². The van der Waals surface area contributed by atoms with Crippen molar-refractivity contribution in [2.45, 2.75) is 45.1 Å². The zero-order valence-electron chi connectivity index (χ0n) is 11.1. The molecule has 0 atom stereocenters. The van der Waals surface area contributed by atoms with Crippen molar-refractivity contribution in [1.82, 2.24) is 5.32 Å². The Hall–Kier alpha value is 0.1000. The third-order valence-electron chi connectivity index (χ3n) is 3.01. The maximum absolute atomic E-state index is 5.62. The third-order valence-corrected chi connectivity index (χ3v) is 5.07. The molecule has 0 saturated heterocycles. The summed E-state index contributed by atoms with van der Waals surface area (Å²) in [4.78, 5) is 1.40. The quantitative estimate of drug-likeness (QED) is 0.842. The highest BCUT2D eigenvalue weighted by atomic mass is 79.9. The van der Waals surface area contributed by atoms with Crippen LogP contribution in [0.4, 0.5) is 0 Å². The minimum Gasteiger partial charge on any atom is -0.330 e. The molecule has 0 amide bonds. The fraction of sp³-hybridized carbons (Fsp3) is 0.692. The summed E-state index contributed by atoms with van der Waals surface area (Å²) in [5.41, 5.74) is 5.89. The van der Waals surface area contributed by atoms with Gasteiger partial charge in [0.1, 0.15) is 0 Å². The van der Waals surface area contributed by atoms with Crippen LogP contribution in [0.2, 0.25) is 0 Å². The van der Waals surface area contributed by atoms with E-state index >= 15 is 0 Å². The molecule has 0 aliphatic rings.